The summed E-state index contributed by atoms with van der Waals surface area (Å²) < 4.78 is 0. The Balaban J connectivity index is 2.71. The first-order valence-electron chi connectivity index (χ1n) is 5.70. The molecule has 96 valence electrons. The van der Waals surface area contributed by atoms with Gasteiger partial charge in [0, 0.05) is 5.18 Å². The second-order valence-corrected chi connectivity index (χ2v) is 4.19. The number of hydrogen-bond donors (Lipinski definition) is 1. The van der Waals surface area contributed by atoms with Crippen molar-refractivity contribution < 1.29 is 14.7 Å². The summed E-state index contributed by atoms with van der Waals surface area (Å²) in [5.41, 5.74) is 0.999. The molecule has 0 radical (unpaired) electrons. The quantitative estimate of drug-likeness (QED) is 0.783. The van der Waals surface area contributed by atoms with Gasteiger partial charge >= 0.3 is 5.97 Å². The number of aryl methyl sites for hydroxylation is 1. The molecule has 1 amide bonds. The number of aliphatic carboxylic acids is 1. The molecule has 0 aliphatic heterocycles. The molecule has 0 bridgehead atoms. The zero-order valence-electron chi connectivity index (χ0n) is 10.1. The van der Waals surface area contributed by atoms with Crippen molar-refractivity contribution in [1.82, 2.24) is 0 Å². The van der Waals surface area contributed by atoms with Crippen LogP contribution in [0, 0.1) is 16.7 Å². The fourth-order valence-corrected chi connectivity index (χ4v) is 1.79. The first-order chi connectivity index (χ1) is 8.56. The Kier molecular flexibility index (Phi) is 5.17. The molecule has 18 heavy (non-hydrogen) atoms. The number of nitroso groups, excluding NO2 is 1. The zero-order chi connectivity index (χ0) is 13.5. The molecule has 1 aromatic rings. The molecule has 0 saturated heterocycles. The van der Waals surface area contributed by atoms with Crippen molar-refractivity contribution >= 4 is 11.9 Å². The Morgan fingerprint density at radius 3 is 2.39 bits per heavy atom. The van der Waals surface area contributed by atoms with E-state index < -0.39 is 23.7 Å². The molecule has 5 heteroatoms. The van der Waals surface area contributed by atoms with Gasteiger partial charge < -0.3 is 5.11 Å². The summed E-state index contributed by atoms with van der Waals surface area (Å²) in [5.74, 6) is -3.75. The van der Waals surface area contributed by atoms with E-state index in [0.717, 1.165) is 5.56 Å². The lowest BCUT2D eigenvalue weighted by Gasteiger charge is -2.16. The summed E-state index contributed by atoms with van der Waals surface area (Å²) >= 11 is 0. The monoisotopic (exact) mass is 249 g/mol. The van der Waals surface area contributed by atoms with Crippen LogP contribution in [0.2, 0.25) is 0 Å². The second-order valence-electron chi connectivity index (χ2n) is 4.19. The van der Waals surface area contributed by atoms with Crippen LogP contribution in [0.1, 0.15) is 18.9 Å². The SMILES string of the molecule is C[C@H](C(=O)O)C(CCc1ccccc1)C(=O)N=O. The maximum absolute atomic E-state index is 11.3. The Labute approximate surface area is 105 Å². The van der Waals surface area contributed by atoms with Crippen LogP contribution >= 0.6 is 0 Å². The second kappa shape index (κ2) is 6.64. The number of carbonyl (C=O) groups is 2. The number of carbonyl (C=O) groups excluding carboxylic acids is 1. The highest BCUT2D eigenvalue weighted by Crippen LogP contribution is 2.20. The van der Waals surface area contributed by atoms with E-state index in [1.807, 2.05) is 30.3 Å². The number of amides is 1. The average Bonchev–Trinajstić information content (AvgIpc) is 2.39. The third kappa shape index (κ3) is 3.76. The predicted octanol–water partition coefficient (Wildman–Crippen LogP) is 2.25. The van der Waals surface area contributed by atoms with Crippen molar-refractivity contribution in [2.75, 3.05) is 0 Å². The van der Waals surface area contributed by atoms with E-state index >= 15 is 0 Å². The van der Waals surface area contributed by atoms with Gasteiger partial charge in [0.05, 0.1) is 11.8 Å². The zero-order valence-corrected chi connectivity index (χ0v) is 10.1. The third-order valence-corrected chi connectivity index (χ3v) is 2.99. The Hall–Kier alpha value is -2.04. The molecule has 1 aromatic carbocycles. The maximum Gasteiger partial charge on any atom is 0.307 e. The number of hydrogen-bond acceptors (Lipinski definition) is 3. The summed E-state index contributed by atoms with van der Waals surface area (Å²) in [6, 6.07) is 9.39. The third-order valence-electron chi connectivity index (χ3n) is 2.99. The van der Waals surface area contributed by atoms with Crippen LogP contribution in [0.4, 0.5) is 0 Å². The molecule has 0 aliphatic rings. The first kappa shape index (κ1) is 14.0. The molecular weight excluding hydrogens is 234 g/mol. The number of carboxylic acid groups (broad SMARTS) is 1. The van der Waals surface area contributed by atoms with Crippen LogP contribution in [-0.4, -0.2) is 17.0 Å². The van der Waals surface area contributed by atoms with Crippen molar-refractivity contribution in [2.24, 2.45) is 17.0 Å². The lowest BCUT2D eigenvalue weighted by Crippen LogP contribution is -2.27. The van der Waals surface area contributed by atoms with E-state index in [2.05, 4.69) is 5.18 Å². The fourth-order valence-electron chi connectivity index (χ4n) is 1.79. The lowest BCUT2D eigenvalue weighted by molar-refractivity contribution is -0.146. The minimum Gasteiger partial charge on any atom is -0.481 e. The Morgan fingerprint density at radius 2 is 1.89 bits per heavy atom. The normalized spacial score (nSPS) is 13.6. The molecule has 0 aromatic heterocycles. The average molecular weight is 249 g/mol. The van der Waals surface area contributed by atoms with Crippen LogP contribution in [-0.2, 0) is 16.0 Å². The van der Waals surface area contributed by atoms with Gasteiger partial charge in [0.25, 0.3) is 5.91 Å². The van der Waals surface area contributed by atoms with Crippen molar-refractivity contribution in [3.63, 3.8) is 0 Å². The van der Waals surface area contributed by atoms with Gasteiger partial charge in [0.15, 0.2) is 0 Å². The van der Waals surface area contributed by atoms with Crippen LogP contribution in [0.15, 0.2) is 35.5 Å². The van der Waals surface area contributed by atoms with E-state index in [-0.39, 0.29) is 0 Å². The standard InChI is InChI=1S/C13H15NO4/c1-9(13(16)17)11(12(15)14-18)8-7-10-5-3-2-4-6-10/h2-6,9,11H,7-8H2,1H3,(H,16,17)/t9-,11?/m0/s1. The minimum absolute atomic E-state index is 0.308. The molecule has 0 spiro atoms. The van der Waals surface area contributed by atoms with Gasteiger partial charge in [-0.15, -0.1) is 4.91 Å². The van der Waals surface area contributed by atoms with Crippen molar-refractivity contribution in [3.05, 3.63) is 40.8 Å². The van der Waals surface area contributed by atoms with Gasteiger partial charge in [-0.1, -0.05) is 37.3 Å². The highest BCUT2D eigenvalue weighted by molar-refractivity contribution is 5.84. The van der Waals surface area contributed by atoms with Gasteiger partial charge in [0.1, 0.15) is 0 Å². The Morgan fingerprint density at radius 1 is 1.28 bits per heavy atom. The minimum atomic E-state index is -1.09. The number of carboxylic acids is 1. The topological polar surface area (TPSA) is 83.8 Å². The molecule has 1 rings (SSSR count). The Bertz CT molecular complexity index is 430. The van der Waals surface area contributed by atoms with Crippen LogP contribution in [0.5, 0.6) is 0 Å². The summed E-state index contributed by atoms with van der Waals surface area (Å²) in [7, 11) is 0. The first-order valence-corrected chi connectivity index (χ1v) is 5.70. The van der Waals surface area contributed by atoms with Crippen molar-refractivity contribution in [1.29, 1.82) is 0 Å². The highest BCUT2D eigenvalue weighted by Gasteiger charge is 2.30. The molecule has 0 heterocycles. The summed E-state index contributed by atoms with van der Waals surface area (Å²) in [6.45, 7) is 1.42. The fraction of sp³-hybridized carbons (Fsp3) is 0.385. The van der Waals surface area contributed by atoms with Crippen molar-refractivity contribution in [3.8, 4) is 0 Å². The molecule has 0 aliphatic carbocycles. The van der Waals surface area contributed by atoms with Gasteiger partial charge in [-0.05, 0) is 18.4 Å². The maximum atomic E-state index is 11.3. The van der Waals surface area contributed by atoms with Gasteiger partial charge in [0.2, 0.25) is 0 Å². The van der Waals surface area contributed by atoms with Crippen LogP contribution in [0.25, 0.3) is 0 Å². The molecule has 0 fully saturated rings. The smallest absolute Gasteiger partial charge is 0.307 e. The molecule has 5 nitrogen and oxygen atoms in total. The predicted molar refractivity (Wildman–Crippen MR) is 65.9 cm³/mol. The summed E-state index contributed by atoms with van der Waals surface area (Å²) in [4.78, 5) is 32.5. The highest BCUT2D eigenvalue weighted by atomic mass is 16.4. The number of rotatable bonds is 6. The molecule has 0 saturated carbocycles. The summed E-state index contributed by atoms with van der Waals surface area (Å²) in [6.07, 6.45) is 0.854. The van der Waals surface area contributed by atoms with E-state index in [9.17, 15) is 14.5 Å². The van der Waals surface area contributed by atoms with Crippen LogP contribution in [0.3, 0.4) is 0 Å². The molecule has 2 atom stereocenters. The van der Waals surface area contributed by atoms with E-state index in [4.69, 9.17) is 5.11 Å². The number of nitrogens with zero attached hydrogens (tertiary/aromatic N) is 1. The van der Waals surface area contributed by atoms with Gasteiger partial charge in [-0.2, -0.15) is 0 Å². The lowest BCUT2D eigenvalue weighted by atomic mass is 9.88. The number of benzene rings is 1. The molecule has 1 N–H and O–H groups in total. The largest absolute Gasteiger partial charge is 0.481 e. The molecule has 1 unspecified atom stereocenters. The van der Waals surface area contributed by atoms with E-state index in [1.165, 1.54) is 6.92 Å². The van der Waals surface area contributed by atoms with Crippen LogP contribution < -0.4 is 0 Å². The van der Waals surface area contributed by atoms with Crippen molar-refractivity contribution in [2.45, 2.75) is 19.8 Å². The van der Waals surface area contributed by atoms with E-state index in [0.29, 0.717) is 12.8 Å². The van der Waals surface area contributed by atoms with Gasteiger partial charge in [-0.3, -0.25) is 9.59 Å². The van der Waals surface area contributed by atoms with E-state index in [1.54, 1.807) is 0 Å². The summed E-state index contributed by atoms with van der Waals surface area (Å²) in [5, 5.41) is 11.3. The molecular formula is C13H15NO4. The van der Waals surface area contributed by atoms with Gasteiger partial charge in [-0.25, -0.2) is 0 Å².